The monoisotopic (exact) mass is 238 g/mol. The van der Waals surface area contributed by atoms with Gasteiger partial charge in [-0.3, -0.25) is 0 Å². The van der Waals surface area contributed by atoms with Crippen LogP contribution in [-0.2, 0) is 0 Å². The molecule has 1 heterocycles. The quantitative estimate of drug-likeness (QED) is 0.846. The smallest absolute Gasteiger partial charge is 0.0516 e. The van der Waals surface area contributed by atoms with E-state index in [1.54, 1.807) is 11.3 Å². The van der Waals surface area contributed by atoms with Crippen LogP contribution in [-0.4, -0.2) is 12.1 Å². The fraction of sp³-hybridized carbons (Fsp3) is 0.692. The van der Waals surface area contributed by atoms with Crippen molar-refractivity contribution in [2.45, 2.75) is 50.6 Å². The highest BCUT2D eigenvalue weighted by Gasteiger charge is 2.26. The Morgan fingerprint density at radius 3 is 2.81 bits per heavy atom. The third-order valence-corrected chi connectivity index (χ3v) is 4.62. The second-order valence-electron chi connectivity index (χ2n) is 5.12. The lowest BCUT2D eigenvalue weighted by atomic mass is 9.83. The van der Waals surface area contributed by atoms with E-state index in [0.29, 0.717) is 5.54 Å². The first-order valence-electron chi connectivity index (χ1n) is 6.24. The summed E-state index contributed by atoms with van der Waals surface area (Å²) in [6.45, 7) is 3.24. The molecule has 3 heteroatoms. The van der Waals surface area contributed by atoms with Crippen molar-refractivity contribution in [3.05, 3.63) is 22.4 Å². The number of nitrogens with two attached hydrogens (primary N) is 1. The molecule has 1 atom stereocenters. The van der Waals surface area contributed by atoms with Crippen LogP contribution in [0.15, 0.2) is 17.5 Å². The number of hydrogen-bond acceptors (Lipinski definition) is 3. The summed E-state index contributed by atoms with van der Waals surface area (Å²) in [6.07, 6.45) is 6.71. The Balaban J connectivity index is 1.82. The lowest BCUT2D eigenvalue weighted by Gasteiger charge is -2.35. The molecule has 0 saturated heterocycles. The van der Waals surface area contributed by atoms with Crippen molar-refractivity contribution in [3.63, 3.8) is 0 Å². The summed E-state index contributed by atoms with van der Waals surface area (Å²) >= 11 is 1.75. The van der Waals surface area contributed by atoms with Crippen LogP contribution in [0.5, 0.6) is 0 Å². The second-order valence-corrected chi connectivity index (χ2v) is 6.10. The van der Waals surface area contributed by atoms with Gasteiger partial charge in [0.2, 0.25) is 0 Å². The fourth-order valence-corrected chi connectivity index (χ4v) is 3.20. The molecule has 1 unspecified atom stereocenters. The van der Waals surface area contributed by atoms with Crippen LogP contribution in [0.2, 0.25) is 0 Å². The van der Waals surface area contributed by atoms with Gasteiger partial charge in [-0.2, -0.15) is 0 Å². The predicted octanol–water partition coefficient (Wildman–Crippen LogP) is 3.06. The van der Waals surface area contributed by atoms with Gasteiger partial charge in [-0.15, -0.1) is 11.3 Å². The fourth-order valence-electron chi connectivity index (χ4n) is 2.47. The molecule has 1 aromatic rings. The first-order valence-corrected chi connectivity index (χ1v) is 7.12. The van der Waals surface area contributed by atoms with Crippen LogP contribution in [0.1, 0.15) is 49.9 Å². The van der Waals surface area contributed by atoms with Crippen molar-refractivity contribution in [2.24, 2.45) is 5.73 Å². The van der Waals surface area contributed by atoms with E-state index in [2.05, 4.69) is 29.8 Å². The summed E-state index contributed by atoms with van der Waals surface area (Å²) in [4.78, 5) is 1.28. The molecule has 0 bridgehead atoms. The molecule has 0 spiro atoms. The molecule has 1 aliphatic rings. The molecule has 2 nitrogen and oxygen atoms in total. The van der Waals surface area contributed by atoms with Gasteiger partial charge >= 0.3 is 0 Å². The predicted molar refractivity (Wildman–Crippen MR) is 70.7 cm³/mol. The van der Waals surface area contributed by atoms with Crippen molar-refractivity contribution in [2.75, 3.05) is 6.54 Å². The maximum absolute atomic E-state index is 6.16. The van der Waals surface area contributed by atoms with Gasteiger partial charge in [0.15, 0.2) is 0 Å². The maximum atomic E-state index is 6.16. The Morgan fingerprint density at radius 2 is 2.19 bits per heavy atom. The Hall–Kier alpha value is -0.380. The summed E-state index contributed by atoms with van der Waals surface area (Å²) in [5.41, 5.74) is 6.49. The first-order chi connectivity index (χ1) is 7.70. The van der Waals surface area contributed by atoms with Crippen molar-refractivity contribution in [1.29, 1.82) is 0 Å². The lowest BCUT2D eigenvalue weighted by Crippen LogP contribution is -2.46. The van der Waals surface area contributed by atoms with Gasteiger partial charge in [-0.05, 0) is 31.2 Å². The molecular weight excluding hydrogens is 216 g/mol. The van der Waals surface area contributed by atoms with Crippen molar-refractivity contribution in [1.82, 2.24) is 5.32 Å². The molecule has 1 saturated carbocycles. The minimum Gasteiger partial charge on any atom is -0.322 e. The number of hydrogen-bond donors (Lipinski definition) is 2. The molecule has 0 aliphatic heterocycles. The second kappa shape index (κ2) is 5.30. The normalized spacial score (nSPS) is 21.9. The van der Waals surface area contributed by atoms with Crippen LogP contribution in [0.3, 0.4) is 0 Å². The SMILES string of the molecule is CC1(NCC(N)c2cccs2)CCCCC1. The Kier molecular flexibility index (Phi) is 4.00. The van der Waals surface area contributed by atoms with E-state index in [0.717, 1.165) is 6.54 Å². The zero-order valence-electron chi connectivity index (χ0n) is 10.0. The molecule has 0 amide bonds. The molecular formula is C13H22N2S. The molecule has 90 valence electrons. The van der Waals surface area contributed by atoms with Crippen LogP contribution in [0, 0.1) is 0 Å². The van der Waals surface area contributed by atoms with Gasteiger partial charge in [0.25, 0.3) is 0 Å². The van der Waals surface area contributed by atoms with Crippen LogP contribution < -0.4 is 11.1 Å². The number of nitrogens with one attached hydrogen (secondary N) is 1. The van der Waals surface area contributed by atoms with E-state index in [1.807, 2.05) is 0 Å². The minimum atomic E-state index is 0.152. The summed E-state index contributed by atoms with van der Waals surface area (Å²) in [5.74, 6) is 0. The molecule has 3 N–H and O–H groups in total. The van der Waals surface area contributed by atoms with E-state index < -0.39 is 0 Å². The highest BCUT2D eigenvalue weighted by molar-refractivity contribution is 7.10. The average molecular weight is 238 g/mol. The Labute approximate surface area is 102 Å². The summed E-state index contributed by atoms with van der Waals surface area (Å²) in [6, 6.07) is 4.35. The van der Waals surface area contributed by atoms with Gasteiger partial charge in [0, 0.05) is 17.0 Å². The Bertz CT molecular complexity index is 302. The zero-order valence-corrected chi connectivity index (χ0v) is 10.9. The number of rotatable bonds is 4. The molecule has 16 heavy (non-hydrogen) atoms. The maximum Gasteiger partial charge on any atom is 0.0516 e. The van der Waals surface area contributed by atoms with Gasteiger partial charge < -0.3 is 11.1 Å². The molecule has 1 fully saturated rings. The molecule has 0 radical (unpaired) electrons. The first kappa shape index (κ1) is 12.1. The zero-order chi connectivity index (χ0) is 11.4. The van der Waals surface area contributed by atoms with E-state index in [-0.39, 0.29) is 6.04 Å². The van der Waals surface area contributed by atoms with E-state index >= 15 is 0 Å². The number of thiophene rings is 1. The third-order valence-electron chi connectivity index (χ3n) is 3.61. The standard InChI is InChI=1S/C13H22N2S/c1-13(7-3-2-4-8-13)15-10-11(14)12-6-5-9-16-12/h5-6,9,11,15H,2-4,7-8,10,14H2,1H3. The largest absolute Gasteiger partial charge is 0.322 e. The van der Waals surface area contributed by atoms with E-state index in [9.17, 15) is 0 Å². The Morgan fingerprint density at radius 1 is 1.44 bits per heavy atom. The highest BCUT2D eigenvalue weighted by Crippen LogP contribution is 2.28. The van der Waals surface area contributed by atoms with Gasteiger partial charge in [0.1, 0.15) is 0 Å². The van der Waals surface area contributed by atoms with Crippen molar-refractivity contribution < 1.29 is 0 Å². The van der Waals surface area contributed by atoms with E-state index in [1.165, 1.54) is 37.0 Å². The minimum absolute atomic E-state index is 0.152. The third kappa shape index (κ3) is 3.06. The lowest BCUT2D eigenvalue weighted by molar-refractivity contribution is 0.250. The molecule has 1 aromatic heterocycles. The van der Waals surface area contributed by atoms with Crippen LogP contribution >= 0.6 is 11.3 Å². The molecule has 1 aliphatic carbocycles. The van der Waals surface area contributed by atoms with Crippen LogP contribution in [0.25, 0.3) is 0 Å². The van der Waals surface area contributed by atoms with Gasteiger partial charge in [0.05, 0.1) is 6.04 Å². The van der Waals surface area contributed by atoms with Crippen LogP contribution in [0.4, 0.5) is 0 Å². The summed E-state index contributed by atoms with van der Waals surface area (Å²) in [5, 5.41) is 5.76. The molecule has 2 rings (SSSR count). The van der Waals surface area contributed by atoms with Crippen molar-refractivity contribution >= 4 is 11.3 Å². The van der Waals surface area contributed by atoms with Gasteiger partial charge in [-0.25, -0.2) is 0 Å². The highest BCUT2D eigenvalue weighted by atomic mass is 32.1. The summed E-state index contributed by atoms with van der Waals surface area (Å²) in [7, 11) is 0. The van der Waals surface area contributed by atoms with Crippen molar-refractivity contribution in [3.8, 4) is 0 Å². The van der Waals surface area contributed by atoms with E-state index in [4.69, 9.17) is 5.73 Å². The van der Waals surface area contributed by atoms with Gasteiger partial charge in [-0.1, -0.05) is 25.3 Å². The molecule has 0 aromatic carbocycles. The summed E-state index contributed by atoms with van der Waals surface area (Å²) < 4.78 is 0. The average Bonchev–Trinajstić information content (AvgIpc) is 2.80. The topological polar surface area (TPSA) is 38.0 Å².